The average molecular weight is 204 g/mol. The van der Waals surface area contributed by atoms with Crippen molar-refractivity contribution in [3.63, 3.8) is 0 Å². The van der Waals surface area contributed by atoms with Crippen LogP contribution >= 0.6 is 0 Å². The molecule has 2 N–H and O–H groups in total. The molecule has 0 saturated carbocycles. The van der Waals surface area contributed by atoms with Gasteiger partial charge in [0, 0.05) is 18.8 Å². The highest BCUT2D eigenvalue weighted by molar-refractivity contribution is 5.13. The molecule has 3 heteroatoms. The van der Waals surface area contributed by atoms with Gasteiger partial charge in [-0.2, -0.15) is 0 Å². The van der Waals surface area contributed by atoms with Gasteiger partial charge in [0.2, 0.25) is 0 Å². The van der Waals surface area contributed by atoms with Gasteiger partial charge in [-0.3, -0.25) is 0 Å². The van der Waals surface area contributed by atoms with E-state index < -0.39 is 0 Å². The smallest absolute Gasteiger partial charge is 0.104 e. The van der Waals surface area contributed by atoms with Crippen molar-refractivity contribution in [2.45, 2.75) is 12.8 Å². The van der Waals surface area contributed by atoms with E-state index >= 15 is 0 Å². The minimum absolute atomic E-state index is 0.557. The second kappa shape index (κ2) is 4.84. The Morgan fingerprint density at radius 2 is 1.53 bits per heavy atom. The maximum absolute atomic E-state index is 5.69. The van der Waals surface area contributed by atoms with E-state index in [0.29, 0.717) is 6.54 Å². The monoisotopic (exact) mass is 204 g/mol. The molecule has 0 atom stereocenters. The molecule has 2 aromatic rings. The summed E-state index contributed by atoms with van der Waals surface area (Å²) in [7, 11) is 0. The Labute approximate surface area is 88.9 Å². The summed E-state index contributed by atoms with van der Waals surface area (Å²) >= 11 is 0. The molecule has 0 bridgehead atoms. The topological polar surface area (TPSA) is 52.3 Å². The van der Waals surface area contributed by atoms with Gasteiger partial charge in [-0.1, -0.05) is 0 Å². The molecule has 0 unspecified atom stereocenters. The lowest BCUT2D eigenvalue weighted by atomic mass is 9.99. The third-order valence-corrected chi connectivity index (χ3v) is 2.30. The molecule has 0 aromatic carbocycles. The van der Waals surface area contributed by atoms with Gasteiger partial charge in [-0.05, 0) is 30.8 Å². The van der Waals surface area contributed by atoms with Gasteiger partial charge in [-0.15, -0.1) is 0 Å². The summed E-state index contributed by atoms with van der Waals surface area (Å²) in [6.07, 6.45) is 4.92. The molecule has 1 radical (unpaired) electrons. The molecule has 15 heavy (non-hydrogen) atoms. The number of hydrogen-bond acceptors (Lipinski definition) is 3. The van der Waals surface area contributed by atoms with Crippen LogP contribution in [0.2, 0.25) is 0 Å². The predicted octanol–water partition coefficient (Wildman–Crippen LogP) is 2.19. The molecular formula is C12H14NO2. The van der Waals surface area contributed by atoms with Crippen molar-refractivity contribution in [1.82, 2.24) is 0 Å². The van der Waals surface area contributed by atoms with Crippen molar-refractivity contribution in [3.8, 4) is 0 Å². The molecule has 2 rings (SSSR count). The van der Waals surface area contributed by atoms with Crippen molar-refractivity contribution in [3.05, 3.63) is 54.2 Å². The number of nitrogens with two attached hydrogens (primary N) is 1. The maximum Gasteiger partial charge on any atom is 0.104 e. The average Bonchev–Trinajstić information content (AvgIpc) is 2.89. The maximum atomic E-state index is 5.69. The summed E-state index contributed by atoms with van der Waals surface area (Å²) in [6, 6.07) is 7.68. The molecule has 0 aliphatic rings. The second-order valence-corrected chi connectivity index (χ2v) is 3.47. The highest BCUT2D eigenvalue weighted by Crippen LogP contribution is 2.16. The van der Waals surface area contributed by atoms with Gasteiger partial charge in [0.15, 0.2) is 0 Å². The van der Waals surface area contributed by atoms with Gasteiger partial charge in [0.25, 0.3) is 0 Å². The highest BCUT2D eigenvalue weighted by Gasteiger charge is 2.12. The Kier molecular flexibility index (Phi) is 3.25. The molecule has 3 nitrogen and oxygen atoms in total. The molecule has 2 aromatic heterocycles. The zero-order chi connectivity index (χ0) is 10.5. The third-order valence-electron chi connectivity index (χ3n) is 2.30. The summed E-state index contributed by atoms with van der Waals surface area (Å²) in [6.45, 7) is 0.557. The minimum Gasteiger partial charge on any atom is -0.469 e. The normalized spacial score (nSPS) is 11.1. The summed E-state index contributed by atoms with van der Waals surface area (Å²) in [4.78, 5) is 0. The van der Waals surface area contributed by atoms with Gasteiger partial charge in [0.1, 0.15) is 11.5 Å². The summed E-state index contributed by atoms with van der Waals surface area (Å²) in [5, 5.41) is 0. The van der Waals surface area contributed by atoms with E-state index in [4.69, 9.17) is 14.6 Å². The number of rotatable bonds is 5. The van der Waals surface area contributed by atoms with E-state index in [1.54, 1.807) is 12.5 Å². The Bertz CT molecular complexity index is 328. The van der Waals surface area contributed by atoms with Crippen molar-refractivity contribution >= 4 is 0 Å². The summed E-state index contributed by atoms with van der Waals surface area (Å²) in [5.74, 6) is 3.10. The summed E-state index contributed by atoms with van der Waals surface area (Å²) < 4.78 is 10.6. The molecule has 0 aliphatic carbocycles. The number of furan rings is 2. The lowest BCUT2D eigenvalue weighted by Crippen LogP contribution is -2.16. The molecule has 0 saturated heterocycles. The van der Waals surface area contributed by atoms with Crippen LogP contribution in [0.1, 0.15) is 11.5 Å². The Balaban J connectivity index is 1.93. The van der Waals surface area contributed by atoms with Crippen molar-refractivity contribution in [2.24, 2.45) is 5.73 Å². The van der Waals surface area contributed by atoms with Crippen LogP contribution in [0.15, 0.2) is 45.6 Å². The molecule has 0 aliphatic heterocycles. The fourth-order valence-electron chi connectivity index (χ4n) is 1.53. The quantitative estimate of drug-likeness (QED) is 0.812. The fourth-order valence-corrected chi connectivity index (χ4v) is 1.53. The van der Waals surface area contributed by atoms with E-state index in [0.717, 1.165) is 24.4 Å². The van der Waals surface area contributed by atoms with E-state index in [1.165, 1.54) is 5.92 Å². The van der Waals surface area contributed by atoms with Crippen LogP contribution < -0.4 is 5.73 Å². The lowest BCUT2D eigenvalue weighted by Gasteiger charge is -2.10. The first-order valence-electron chi connectivity index (χ1n) is 4.97. The minimum atomic E-state index is 0.557. The third kappa shape index (κ3) is 2.73. The lowest BCUT2D eigenvalue weighted by molar-refractivity contribution is 0.485. The van der Waals surface area contributed by atoms with Crippen LogP contribution in [0.4, 0.5) is 0 Å². The van der Waals surface area contributed by atoms with E-state index in [1.807, 2.05) is 24.3 Å². The molecule has 0 fully saturated rings. The summed E-state index contributed by atoms with van der Waals surface area (Å²) in [5.41, 5.74) is 5.69. The first-order chi connectivity index (χ1) is 7.38. The van der Waals surface area contributed by atoms with Crippen LogP contribution in [-0.2, 0) is 12.8 Å². The molecule has 79 valence electrons. The van der Waals surface area contributed by atoms with Gasteiger partial charge < -0.3 is 14.6 Å². The molecule has 2 heterocycles. The molecule has 0 spiro atoms. The van der Waals surface area contributed by atoms with E-state index in [-0.39, 0.29) is 0 Å². The number of hydrogen-bond donors (Lipinski definition) is 1. The Hall–Kier alpha value is -1.48. The van der Waals surface area contributed by atoms with Crippen molar-refractivity contribution in [1.29, 1.82) is 0 Å². The molecular weight excluding hydrogens is 190 g/mol. The van der Waals surface area contributed by atoms with E-state index in [9.17, 15) is 0 Å². The van der Waals surface area contributed by atoms with Crippen LogP contribution in [0.5, 0.6) is 0 Å². The van der Waals surface area contributed by atoms with Crippen molar-refractivity contribution < 1.29 is 8.83 Å². The van der Waals surface area contributed by atoms with E-state index in [2.05, 4.69) is 0 Å². The molecule has 0 amide bonds. The SMILES string of the molecule is NC[C](Cc1ccco1)Cc1ccco1. The van der Waals surface area contributed by atoms with Gasteiger partial charge >= 0.3 is 0 Å². The predicted molar refractivity (Wildman–Crippen MR) is 57.1 cm³/mol. The van der Waals surface area contributed by atoms with Crippen LogP contribution in [0.3, 0.4) is 0 Å². The van der Waals surface area contributed by atoms with Gasteiger partial charge in [0.05, 0.1) is 12.5 Å². The first-order valence-corrected chi connectivity index (χ1v) is 4.97. The fraction of sp³-hybridized carbons (Fsp3) is 0.250. The van der Waals surface area contributed by atoms with Crippen LogP contribution in [-0.4, -0.2) is 6.54 Å². The zero-order valence-corrected chi connectivity index (χ0v) is 8.48. The highest BCUT2D eigenvalue weighted by atomic mass is 16.3. The standard InChI is InChI=1S/C12H14NO2/c13-9-10(7-11-3-1-5-14-11)8-12-4-2-6-15-12/h1-6H,7-9,13H2. The Morgan fingerprint density at radius 1 is 1.00 bits per heavy atom. The zero-order valence-electron chi connectivity index (χ0n) is 8.48. The van der Waals surface area contributed by atoms with Crippen LogP contribution in [0.25, 0.3) is 0 Å². The van der Waals surface area contributed by atoms with Crippen molar-refractivity contribution in [2.75, 3.05) is 6.54 Å². The first kappa shape index (κ1) is 10.1. The Morgan fingerprint density at radius 3 is 1.87 bits per heavy atom. The van der Waals surface area contributed by atoms with Gasteiger partial charge in [-0.25, -0.2) is 0 Å². The van der Waals surface area contributed by atoms with Crippen LogP contribution in [0, 0.1) is 5.92 Å². The second-order valence-electron chi connectivity index (χ2n) is 3.47. The largest absolute Gasteiger partial charge is 0.469 e.